The number of benzene rings is 2. The molecule has 8 heteroatoms. The van der Waals surface area contributed by atoms with Gasteiger partial charge in [-0.3, -0.25) is 9.69 Å². The van der Waals surface area contributed by atoms with Crippen LogP contribution in [0, 0.1) is 6.92 Å². The molecule has 1 aliphatic rings. The highest BCUT2D eigenvalue weighted by Crippen LogP contribution is 2.14. The third-order valence-electron chi connectivity index (χ3n) is 5.50. The van der Waals surface area contributed by atoms with Crippen LogP contribution in [0.4, 0.5) is 0 Å². The van der Waals surface area contributed by atoms with E-state index < -0.39 is 0 Å². The Balaban J connectivity index is 1.26. The maximum atomic E-state index is 12.5. The topological polar surface area (TPSA) is 83.7 Å². The number of hydrogen-bond acceptors (Lipinski definition) is 7. The summed E-state index contributed by atoms with van der Waals surface area (Å²) in [5, 5.41) is 6.79. The highest BCUT2D eigenvalue weighted by molar-refractivity contribution is 5.94. The van der Waals surface area contributed by atoms with Crippen molar-refractivity contribution >= 4 is 5.91 Å². The Morgan fingerprint density at radius 1 is 1.09 bits per heavy atom. The Morgan fingerprint density at radius 3 is 2.56 bits per heavy atom. The molecule has 0 spiro atoms. The maximum Gasteiger partial charge on any atom is 0.251 e. The molecular formula is C24H29N5O3. The van der Waals surface area contributed by atoms with E-state index in [1.807, 2.05) is 6.07 Å². The van der Waals surface area contributed by atoms with Crippen LogP contribution in [0.1, 0.15) is 33.2 Å². The van der Waals surface area contributed by atoms with Gasteiger partial charge in [-0.1, -0.05) is 29.4 Å². The molecule has 1 aliphatic heterocycles. The number of amides is 1. The molecule has 2 aromatic carbocycles. The van der Waals surface area contributed by atoms with E-state index in [-0.39, 0.29) is 12.5 Å². The van der Waals surface area contributed by atoms with Crippen LogP contribution < -0.4 is 10.1 Å². The zero-order chi connectivity index (χ0) is 22.3. The van der Waals surface area contributed by atoms with E-state index in [1.54, 1.807) is 31.2 Å². The number of ether oxygens (including phenoxy) is 1. The number of aryl methyl sites for hydroxylation is 1. The molecule has 0 saturated carbocycles. The van der Waals surface area contributed by atoms with Crippen molar-refractivity contribution in [3.05, 3.63) is 76.9 Å². The van der Waals surface area contributed by atoms with Crippen LogP contribution >= 0.6 is 0 Å². The fourth-order valence-corrected chi connectivity index (χ4v) is 3.64. The Hall–Kier alpha value is -3.23. The molecule has 1 aromatic heterocycles. The lowest BCUT2D eigenvalue weighted by atomic mass is 10.1. The van der Waals surface area contributed by atoms with Gasteiger partial charge in [0.15, 0.2) is 6.61 Å². The molecular weight excluding hydrogens is 406 g/mol. The third kappa shape index (κ3) is 6.15. The second kappa shape index (κ2) is 10.4. The molecule has 168 valence electrons. The molecule has 0 aliphatic carbocycles. The number of carbonyl (C=O) groups is 1. The Labute approximate surface area is 188 Å². The molecule has 8 nitrogen and oxygen atoms in total. The minimum Gasteiger partial charge on any atom is -0.485 e. The number of hydrogen-bond donors (Lipinski definition) is 1. The molecule has 1 fully saturated rings. The Morgan fingerprint density at radius 2 is 1.84 bits per heavy atom. The highest BCUT2D eigenvalue weighted by atomic mass is 16.5. The molecule has 0 atom stereocenters. The minimum atomic E-state index is -0.116. The zero-order valence-electron chi connectivity index (χ0n) is 18.6. The summed E-state index contributed by atoms with van der Waals surface area (Å²) in [5.74, 6) is 1.51. The first-order chi connectivity index (χ1) is 15.5. The van der Waals surface area contributed by atoms with Gasteiger partial charge in [-0.15, -0.1) is 0 Å². The van der Waals surface area contributed by atoms with E-state index in [1.165, 1.54) is 5.56 Å². The van der Waals surface area contributed by atoms with E-state index in [4.69, 9.17) is 9.26 Å². The molecule has 32 heavy (non-hydrogen) atoms. The summed E-state index contributed by atoms with van der Waals surface area (Å²) in [6.45, 7) is 7.77. The van der Waals surface area contributed by atoms with Crippen molar-refractivity contribution < 1.29 is 14.1 Å². The van der Waals surface area contributed by atoms with E-state index in [9.17, 15) is 4.79 Å². The van der Waals surface area contributed by atoms with E-state index in [0.29, 0.717) is 29.6 Å². The molecule has 0 unspecified atom stereocenters. The molecule has 1 saturated heterocycles. The summed E-state index contributed by atoms with van der Waals surface area (Å²) in [4.78, 5) is 21.5. The number of carbonyl (C=O) groups excluding carboxylic acids is 1. The number of likely N-dealkylation sites (N-methyl/N-ethyl adjacent to an activating group) is 1. The first-order valence-corrected chi connectivity index (χ1v) is 10.8. The van der Waals surface area contributed by atoms with Gasteiger partial charge in [0.05, 0.1) is 0 Å². The van der Waals surface area contributed by atoms with Gasteiger partial charge in [0, 0.05) is 51.8 Å². The third-order valence-corrected chi connectivity index (χ3v) is 5.50. The second-order valence-corrected chi connectivity index (χ2v) is 8.12. The Bertz CT molecular complexity index is 1030. The van der Waals surface area contributed by atoms with Gasteiger partial charge in [0.1, 0.15) is 5.75 Å². The highest BCUT2D eigenvalue weighted by Gasteiger charge is 2.14. The average Bonchev–Trinajstić information content (AvgIpc) is 3.23. The van der Waals surface area contributed by atoms with Crippen LogP contribution in [0.5, 0.6) is 5.75 Å². The predicted molar refractivity (Wildman–Crippen MR) is 120 cm³/mol. The van der Waals surface area contributed by atoms with Crippen LogP contribution in [0.2, 0.25) is 0 Å². The van der Waals surface area contributed by atoms with Gasteiger partial charge >= 0.3 is 0 Å². The number of rotatable bonds is 8. The largest absolute Gasteiger partial charge is 0.485 e. The monoisotopic (exact) mass is 435 g/mol. The van der Waals surface area contributed by atoms with Crippen molar-refractivity contribution in [3.63, 3.8) is 0 Å². The summed E-state index contributed by atoms with van der Waals surface area (Å²) in [6.07, 6.45) is 0. The predicted octanol–water partition coefficient (Wildman–Crippen LogP) is 2.63. The van der Waals surface area contributed by atoms with Crippen molar-refractivity contribution in [3.8, 4) is 5.75 Å². The number of nitrogens with zero attached hydrogens (tertiary/aromatic N) is 4. The summed E-state index contributed by atoms with van der Waals surface area (Å²) >= 11 is 0. The van der Waals surface area contributed by atoms with E-state index in [2.05, 4.69) is 50.5 Å². The van der Waals surface area contributed by atoms with Crippen molar-refractivity contribution in [1.29, 1.82) is 0 Å². The van der Waals surface area contributed by atoms with Gasteiger partial charge in [-0.05, 0) is 42.4 Å². The molecule has 1 amide bonds. The van der Waals surface area contributed by atoms with E-state index in [0.717, 1.165) is 38.3 Å². The fraction of sp³-hybridized carbons (Fsp3) is 0.375. The van der Waals surface area contributed by atoms with Gasteiger partial charge in [-0.2, -0.15) is 4.98 Å². The second-order valence-electron chi connectivity index (χ2n) is 8.12. The van der Waals surface area contributed by atoms with Gasteiger partial charge in [0.25, 0.3) is 5.91 Å². The molecule has 0 bridgehead atoms. The van der Waals surface area contributed by atoms with Crippen LogP contribution in [0.3, 0.4) is 0 Å². The lowest BCUT2D eigenvalue weighted by molar-refractivity contribution is 0.0951. The number of piperazine rings is 1. The van der Waals surface area contributed by atoms with Gasteiger partial charge < -0.3 is 19.5 Å². The molecule has 2 heterocycles. The molecule has 0 radical (unpaired) electrons. The average molecular weight is 436 g/mol. The lowest BCUT2D eigenvalue weighted by Crippen LogP contribution is -2.43. The maximum absolute atomic E-state index is 12.5. The summed E-state index contributed by atoms with van der Waals surface area (Å²) < 4.78 is 10.5. The Kier molecular flexibility index (Phi) is 7.14. The first-order valence-electron chi connectivity index (χ1n) is 10.8. The molecule has 3 aromatic rings. The van der Waals surface area contributed by atoms with E-state index >= 15 is 0 Å². The van der Waals surface area contributed by atoms with Gasteiger partial charge in [0.2, 0.25) is 11.7 Å². The van der Waals surface area contributed by atoms with Crippen LogP contribution in [-0.4, -0.2) is 59.1 Å². The zero-order valence-corrected chi connectivity index (χ0v) is 18.6. The van der Waals surface area contributed by atoms with Crippen LogP contribution in [0.25, 0.3) is 0 Å². The SMILES string of the molecule is Cc1nc(COc2ccc(C(=O)NCc3cccc(CN4CCN(C)CC4)c3)cc2)no1. The van der Waals surface area contributed by atoms with Crippen molar-refractivity contribution in [2.24, 2.45) is 0 Å². The quantitative estimate of drug-likeness (QED) is 0.582. The van der Waals surface area contributed by atoms with Crippen molar-refractivity contribution in [1.82, 2.24) is 25.3 Å². The van der Waals surface area contributed by atoms with Crippen LogP contribution in [0.15, 0.2) is 53.1 Å². The number of nitrogens with one attached hydrogen (secondary N) is 1. The lowest BCUT2D eigenvalue weighted by Gasteiger charge is -2.32. The first kappa shape index (κ1) is 22.0. The van der Waals surface area contributed by atoms with Crippen LogP contribution in [-0.2, 0) is 19.7 Å². The molecule has 1 N–H and O–H groups in total. The smallest absolute Gasteiger partial charge is 0.251 e. The minimum absolute atomic E-state index is 0.116. The number of aromatic nitrogens is 2. The standard InChI is InChI=1S/C24H29N5O3/c1-18-26-23(27-32-18)17-31-22-8-6-21(7-9-22)24(30)25-15-19-4-3-5-20(14-19)16-29-12-10-28(2)11-13-29/h3-9,14H,10-13,15-17H2,1-2H3,(H,25,30). The van der Waals surface area contributed by atoms with Crippen molar-refractivity contribution in [2.75, 3.05) is 33.2 Å². The van der Waals surface area contributed by atoms with Crippen molar-refractivity contribution in [2.45, 2.75) is 26.6 Å². The summed E-state index contributed by atoms with van der Waals surface area (Å²) in [6, 6.07) is 15.4. The summed E-state index contributed by atoms with van der Waals surface area (Å²) in [7, 11) is 2.16. The normalized spacial score (nSPS) is 14.9. The van der Waals surface area contributed by atoms with Gasteiger partial charge in [-0.25, -0.2) is 0 Å². The summed E-state index contributed by atoms with van der Waals surface area (Å²) in [5.41, 5.74) is 2.96. The molecule has 4 rings (SSSR count). The fourth-order valence-electron chi connectivity index (χ4n) is 3.64.